The fourth-order valence-corrected chi connectivity index (χ4v) is 1.47. The number of amides is 1. The van der Waals surface area contributed by atoms with E-state index in [4.69, 9.17) is 9.47 Å². The van der Waals surface area contributed by atoms with Gasteiger partial charge in [-0.15, -0.1) is 0 Å². The monoisotopic (exact) mass is 288 g/mol. The molecule has 0 fully saturated rings. The second-order valence-corrected chi connectivity index (χ2v) is 7.38. The molecule has 0 aliphatic carbocycles. The van der Waals surface area contributed by atoms with Gasteiger partial charge in [0.05, 0.1) is 5.60 Å². The zero-order valence-corrected chi connectivity index (χ0v) is 14.3. The highest BCUT2D eigenvalue weighted by atomic mass is 16.6. The molecule has 5 nitrogen and oxygen atoms in total. The van der Waals surface area contributed by atoms with Gasteiger partial charge in [0.15, 0.2) is 0 Å². The number of nitrogens with one attached hydrogen (secondary N) is 2. The van der Waals surface area contributed by atoms with Crippen LogP contribution in [0.3, 0.4) is 0 Å². The molecule has 0 bridgehead atoms. The quantitative estimate of drug-likeness (QED) is 0.756. The molecule has 0 rings (SSSR count). The summed E-state index contributed by atoms with van der Waals surface area (Å²) >= 11 is 0. The molecule has 0 heterocycles. The van der Waals surface area contributed by atoms with E-state index in [1.54, 1.807) is 7.11 Å². The summed E-state index contributed by atoms with van der Waals surface area (Å²) in [7, 11) is 1.72. The molecule has 0 atom stereocenters. The molecule has 0 aromatic heterocycles. The maximum atomic E-state index is 11.6. The van der Waals surface area contributed by atoms with Crippen LogP contribution in [0.15, 0.2) is 0 Å². The van der Waals surface area contributed by atoms with Crippen molar-refractivity contribution < 1.29 is 14.3 Å². The Morgan fingerprint density at radius 3 is 2.05 bits per heavy atom. The van der Waals surface area contributed by atoms with E-state index in [9.17, 15) is 4.79 Å². The summed E-state index contributed by atoms with van der Waals surface area (Å²) in [6.45, 7) is 15.1. The zero-order chi connectivity index (χ0) is 16.0. The molecule has 0 aromatic rings. The summed E-state index contributed by atoms with van der Waals surface area (Å²) in [5.41, 5.74) is -0.799. The highest BCUT2D eigenvalue weighted by molar-refractivity contribution is 5.67. The first kappa shape index (κ1) is 19.2. The maximum Gasteiger partial charge on any atom is 0.407 e. The van der Waals surface area contributed by atoms with Gasteiger partial charge in [-0.2, -0.15) is 0 Å². The predicted molar refractivity (Wildman–Crippen MR) is 82.0 cm³/mol. The van der Waals surface area contributed by atoms with E-state index in [1.807, 2.05) is 34.6 Å². The summed E-state index contributed by atoms with van der Waals surface area (Å²) in [6, 6.07) is 0. The Labute approximate surface area is 123 Å². The van der Waals surface area contributed by atoms with Gasteiger partial charge in [0.1, 0.15) is 5.60 Å². The molecule has 20 heavy (non-hydrogen) atoms. The van der Waals surface area contributed by atoms with Crippen LogP contribution in [-0.2, 0) is 9.47 Å². The minimum Gasteiger partial charge on any atom is -0.444 e. The molecule has 2 N–H and O–H groups in total. The molecule has 0 aromatic carbocycles. The van der Waals surface area contributed by atoms with Crippen LogP contribution in [0.25, 0.3) is 0 Å². The van der Waals surface area contributed by atoms with Gasteiger partial charge in [0.2, 0.25) is 0 Å². The predicted octanol–water partition coefficient (Wildman–Crippen LogP) is 2.69. The Balaban J connectivity index is 4.04. The highest BCUT2D eigenvalue weighted by Crippen LogP contribution is 2.13. The molecule has 0 spiro atoms. The van der Waals surface area contributed by atoms with Crippen molar-refractivity contribution in [3.63, 3.8) is 0 Å². The van der Waals surface area contributed by atoms with Crippen LogP contribution < -0.4 is 10.6 Å². The maximum absolute atomic E-state index is 11.6. The van der Waals surface area contributed by atoms with Gasteiger partial charge in [-0.05, 0) is 61.4 Å². The van der Waals surface area contributed by atoms with E-state index in [0.717, 1.165) is 13.0 Å². The minimum absolute atomic E-state index is 0.137. The lowest BCUT2D eigenvalue weighted by Crippen LogP contribution is -2.50. The van der Waals surface area contributed by atoms with Crippen molar-refractivity contribution in [3.05, 3.63) is 0 Å². The van der Waals surface area contributed by atoms with E-state index in [1.165, 1.54) is 0 Å². The first-order valence-corrected chi connectivity index (χ1v) is 7.14. The number of carbonyl (C=O) groups is 1. The molecule has 0 unspecified atom stereocenters. The van der Waals surface area contributed by atoms with Crippen molar-refractivity contribution in [2.24, 2.45) is 0 Å². The molecular formula is C15H32N2O3. The summed E-state index contributed by atoms with van der Waals surface area (Å²) in [5.74, 6) is 0. The standard InChI is InChI=1S/C15H32N2O3/c1-13(2,3)20-12(18)16-11-14(4,5)17-10-9-15(6,7)19-8/h17H,9-11H2,1-8H3,(H,16,18). The van der Waals surface area contributed by atoms with Crippen molar-refractivity contribution >= 4 is 6.09 Å². The Morgan fingerprint density at radius 2 is 1.60 bits per heavy atom. The number of alkyl carbamates (subject to hydrolysis) is 1. The number of methoxy groups -OCH3 is 1. The Hall–Kier alpha value is -0.810. The zero-order valence-electron chi connectivity index (χ0n) is 14.3. The largest absolute Gasteiger partial charge is 0.444 e. The molecule has 1 amide bonds. The van der Waals surface area contributed by atoms with Gasteiger partial charge in [-0.3, -0.25) is 0 Å². The van der Waals surface area contributed by atoms with Crippen LogP contribution in [0.5, 0.6) is 0 Å². The van der Waals surface area contributed by atoms with Crippen molar-refractivity contribution in [1.82, 2.24) is 10.6 Å². The number of hydrogen-bond acceptors (Lipinski definition) is 4. The first-order valence-electron chi connectivity index (χ1n) is 7.14. The Kier molecular flexibility index (Phi) is 6.98. The van der Waals surface area contributed by atoms with E-state index in [-0.39, 0.29) is 17.2 Å². The third-order valence-electron chi connectivity index (χ3n) is 2.96. The Bertz CT molecular complexity index is 307. The van der Waals surface area contributed by atoms with Crippen LogP contribution >= 0.6 is 0 Å². The van der Waals surface area contributed by atoms with Crippen LogP contribution in [0, 0.1) is 0 Å². The molecule has 0 saturated carbocycles. The smallest absolute Gasteiger partial charge is 0.407 e. The lowest BCUT2D eigenvalue weighted by atomic mass is 10.0. The Morgan fingerprint density at radius 1 is 1.05 bits per heavy atom. The average Bonchev–Trinajstić information content (AvgIpc) is 2.24. The summed E-state index contributed by atoms with van der Waals surface area (Å²) in [6.07, 6.45) is 0.518. The van der Waals surface area contributed by atoms with Gasteiger partial charge in [-0.25, -0.2) is 4.79 Å². The number of hydrogen-bond donors (Lipinski definition) is 2. The first-order chi connectivity index (χ1) is 8.87. The normalized spacial score (nSPS) is 13.2. The van der Waals surface area contributed by atoms with Crippen LogP contribution in [-0.4, -0.2) is 43.0 Å². The van der Waals surface area contributed by atoms with Crippen molar-refractivity contribution in [2.75, 3.05) is 20.2 Å². The van der Waals surface area contributed by atoms with Gasteiger partial charge < -0.3 is 20.1 Å². The topological polar surface area (TPSA) is 59.6 Å². The number of rotatable bonds is 7. The minimum atomic E-state index is -0.468. The lowest BCUT2D eigenvalue weighted by Gasteiger charge is -2.30. The van der Waals surface area contributed by atoms with Crippen LogP contribution in [0.4, 0.5) is 4.79 Å². The van der Waals surface area contributed by atoms with E-state index in [0.29, 0.717) is 6.54 Å². The molecule has 5 heteroatoms. The van der Waals surface area contributed by atoms with Crippen molar-refractivity contribution in [2.45, 2.75) is 71.6 Å². The third-order valence-corrected chi connectivity index (χ3v) is 2.96. The fourth-order valence-electron chi connectivity index (χ4n) is 1.47. The SMILES string of the molecule is COC(C)(C)CCNC(C)(C)CNC(=O)OC(C)(C)C. The van der Waals surface area contributed by atoms with Crippen LogP contribution in [0.1, 0.15) is 54.9 Å². The van der Waals surface area contributed by atoms with Crippen molar-refractivity contribution in [3.8, 4) is 0 Å². The van der Waals surface area contributed by atoms with E-state index < -0.39 is 5.60 Å². The second kappa shape index (κ2) is 7.27. The molecule has 0 saturated heterocycles. The molecule has 120 valence electrons. The van der Waals surface area contributed by atoms with Gasteiger partial charge in [0.25, 0.3) is 0 Å². The van der Waals surface area contributed by atoms with Gasteiger partial charge >= 0.3 is 6.09 Å². The summed E-state index contributed by atoms with van der Waals surface area (Å²) in [5, 5.41) is 6.20. The summed E-state index contributed by atoms with van der Waals surface area (Å²) < 4.78 is 10.6. The molecule has 0 aliphatic heterocycles. The fraction of sp³-hybridized carbons (Fsp3) is 0.933. The molecule has 0 radical (unpaired) electrons. The van der Waals surface area contributed by atoms with Crippen molar-refractivity contribution in [1.29, 1.82) is 0 Å². The molecular weight excluding hydrogens is 256 g/mol. The van der Waals surface area contributed by atoms with E-state index >= 15 is 0 Å². The highest BCUT2D eigenvalue weighted by Gasteiger charge is 2.22. The van der Waals surface area contributed by atoms with Gasteiger partial charge in [0, 0.05) is 19.2 Å². The van der Waals surface area contributed by atoms with Crippen LogP contribution in [0.2, 0.25) is 0 Å². The number of ether oxygens (including phenoxy) is 2. The second-order valence-electron chi connectivity index (χ2n) is 7.38. The number of carbonyl (C=O) groups excluding carboxylic acids is 1. The van der Waals surface area contributed by atoms with Gasteiger partial charge in [-0.1, -0.05) is 0 Å². The lowest BCUT2D eigenvalue weighted by molar-refractivity contribution is 0.0144. The third kappa shape index (κ3) is 10.0. The molecule has 0 aliphatic rings. The average molecular weight is 288 g/mol. The van der Waals surface area contributed by atoms with E-state index in [2.05, 4.69) is 24.5 Å². The summed E-state index contributed by atoms with van der Waals surface area (Å²) in [4.78, 5) is 11.6.